The minimum absolute atomic E-state index is 0.528. The molecule has 0 aliphatic rings. The van der Waals surface area contributed by atoms with Crippen molar-refractivity contribution in [3.8, 4) is 0 Å². The monoisotopic (exact) mass is 285 g/mol. The molecule has 1 aromatic carbocycles. The number of nitrogens with one attached hydrogen (secondary N) is 2. The second kappa shape index (κ2) is 7.47. The largest absolute Gasteiger partial charge is 0.316 e. The molecule has 6 heteroatoms. The van der Waals surface area contributed by atoms with Gasteiger partial charge in [-0.3, -0.25) is 4.72 Å². The first-order chi connectivity index (χ1) is 9.01. The van der Waals surface area contributed by atoms with Gasteiger partial charge in [0.05, 0.1) is 5.69 Å². The van der Waals surface area contributed by atoms with Crippen molar-refractivity contribution in [2.24, 2.45) is 0 Å². The summed E-state index contributed by atoms with van der Waals surface area (Å²) in [5, 5.41) is 3.03. The van der Waals surface area contributed by atoms with Crippen LogP contribution in [-0.4, -0.2) is 33.4 Å². The number of benzene rings is 1. The van der Waals surface area contributed by atoms with Crippen LogP contribution in [-0.2, 0) is 16.8 Å². The summed E-state index contributed by atoms with van der Waals surface area (Å²) in [6.07, 6.45) is 1.83. The van der Waals surface area contributed by atoms with Gasteiger partial charge in [0, 0.05) is 20.1 Å². The zero-order valence-corrected chi connectivity index (χ0v) is 12.6. The number of hydrogen-bond donors (Lipinski definition) is 2. The van der Waals surface area contributed by atoms with Crippen molar-refractivity contribution >= 4 is 15.9 Å². The molecule has 5 nitrogen and oxygen atoms in total. The summed E-state index contributed by atoms with van der Waals surface area (Å²) in [4.78, 5) is 0. The van der Waals surface area contributed by atoms with Gasteiger partial charge in [0.25, 0.3) is 0 Å². The molecular formula is C13H23N3O2S. The van der Waals surface area contributed by atoms with Gasteiger partial charge in [0.15, 0.2) is 0 Å². The quantitative estimate of drug-likeness (QED) is 0.765. The van der Waals surface area contributed by atoms with Crippen molar-refractivity contribution in [2.75, 3.05) is 25.4 Å². The summed E-state index contributed by atoms with van der Waals surface area (Å²) in [6.45, 7) is 3.19. The van der Waals surface area contributed by atoms with Crippen LogP contribution in [0, 0.1) is 0 Å². The first kappa shape index (κ1) is 15.9. The molecule has 1 rings (SSSR count). The molecule has 0 saturated carbocycles. The van der Waals surface area contributed by atoms with Gasteiger partial charge >= 0.3 is 10.2 Å². The number of hydrogen-bond acceptors (Lipinski definition) is 3. The van der Waals surface area contributed by atoms with Crippen LogP contribution < -0.4 is 10.0 Å². The summed E-state index contributed by atoms with van der Waals surface area (Å²) in [5.41, 5.74) is 1.55. The molecule has 0 heterocycles. The molecule has 0 aliphatic carbocycles. The Morgan fingerprint density at radius 1 is 1.26 bits per heavy atom. The summed E-state index contributed by atoms with van der Waals surface area (Å²) in [7, 11) is -0.0429. The standard InChI is InChI=1S/C13H23N3O2S/c1-4-5-10-16(3)19(17,18)15-13-9-7-6-8-12(13)11-14-2/h6-9,14-15H,4-5,10-11H2,1-3H3. The molecule has 0 bridgehead atoms. The molecule has 0 atom stereocenters. The molecule has 108 valence electrons. The van der Waals surface area contributed by atoms with Crippen molar-refractivity contribution in [3.63, 3.8) is 0 Å². The summed E-state index contributed by atoms with van der Waals surface area (Å²) in [5.74, 6) is 0. The molecule has 0 unspecified atom stereocenters. The summed E-state index contributed by atoms with van der Waals surface area (Å²) in [6, 6.07) is 7.40. The molecule has 0 aliphatic heterocycles. The first-order valence-corrected chi connectivity index (χ1v) is 7.92. The van der Waals surface area contributed by atoms with E-state index in [1.54, 1.807) is 13.1 Å². The lowest BCUT2D eigenvalue weighted by Gasteiger charge is -2.19. The summed E-state index contributed by atoms with van der Waals surface area (Å²) < 4.78 is 28.3. The van der Waals surface area contributed by atoms with Crippen LogP contribution >= 0.6 is 0 Å². The maximum Gasteiger partial charge on any atom is 0.301 e. The third-order valence-corrected chi connectivity index (χ3v) is 4.34. The highest BCUT2D eigenvalue weighted by Gasteiger charge is 2.17. The Balaban J connectivity index is 2.83. The molecule has 0 amide bonds. The van der Waals surface area contributed by atoms with Gasteiger partial charge in [0.1, 0.15) is 0 Å². The van der Waals surface area contributed by atoms with Crippen LogP contribution in [0.1, 0.15) is 25.3 Å². The lowest BCUT2D eigenvalue weighted by molar-refractivity contribution is 0.463. The van der Waals surface area contributed by atoms with E-state index in [4.69, 9.17) is 0 Å². The lowest BCUT2D eigenvalue weighted by Crippen LogP contribution is -2.33. The number of unbranched alkanes of at least 4 members (excludes halogenated alkanes) is 1. The number of anilines is 1. The lowest BCUT2D eigenvalue weighted by atomic mass is 10.2. The molecule has 2 N–H and O–H groups in total. The van der Waals surface area contributed by atoms with Crippen LogP contribution in [0.15, 0.2) is 24.3 Å². The minimum Gasteiger partial charge on any atom is -0.316 e. The third kappa shape index (κ3) is 4.81. The number of nitrogens with zero attached hydrogens (tertiary/aromatic N) is 1. The van der Waals surface area contributed by atoms with Gasteiger partial charge in [-0.25, -0.2) is 0 Å². The van der Waals surface area contributed by atoms with Crippen molar-refractivity contribution in [3.05, 3.63) is 29.8 Å². The number of para-hydroxylation sites is 1. The fraction of sp³-hybridized carbons (Fsp3) is 0.538. The van der Waals surface area contributed by atoms with E-state index in [9.17, 15) is 8.42 Å². The van der Waals surface area contributed by atoms with E-state index >= 15 is 0 Å². The zero-order chi connectivity index (χ0) is 14.3. The highest BCUT2D eigenvalue weighted by Crippen LogP contribution is 2.17. The molecule has 0 aromatic heterocycles. The van der Waals surface area contributed by atoms with E-state index in [-0.39, 0.29) is 0 Å². The predicted molar refractivity (Wildman–Crippen MR) is 79.3 cm³/mol. The Hall–Kier alpha value is -1.11. The van der Waals surface area contributed by atoms with Crippen LogP contribution in [0.5, 0.6) is 0 Å². The average Bonchev–Trinajstić information content (AvgIpc) is 2.38. The van der Waals surface area contributed by atoms with E-state index in [1.165, 1.54) is 4.31 Å². The molecule has 19 heavy (non-hydrogen) atoms. The van der Waals surface area contributed by atoms with E-state index in [0.29, 0.717) is 18.8 Å². The Morgan fingerprint density at radius 2 is 1.95 bits per heavy atom. The van der Waals surface area contributed by atoms with Crippen molar-refractivity contribution in [1.82, 2.24) is 9.62 Å². The Kier molecular flexibility index (Phi) is 6.27. The fourth-order valence-corrected chi connectivity index (χ4v) is 2.68. The van der Waals surface area contributed by atoms with Crippen molar-refractivity contribution in [2.45, 2.75) is 26.3 Å². The minimum atomic E-state index is -3.47. The van der Waals surface area contributed by atoms with Gasteiger partial charge < -0.3 is 5.32 Å². The smallest absolute Gasteiger partial charge is 0.301 e. The van der Waals surface area contributed by atoms with Crippen LogP contribution in [0.4, 0.5) is 5.69 Å². The van der Waals surface area contributed by atoms with Gasteiger partial charge in [-0.15, -0.1) is 0 Å². The Bertz CT molecular complexity index is 488. The van der Waals surface area contributed by atoms with Crippen molar-refractivity contribution in [1.29, 1.82) is 0 Å². The second-order valence-electron chi connectivity index (χ2n) is 4.47. The fourth-order valence-electron chi connectivity index (χ4n) is 1.68. The van der Waals surface area contributed by atoms with Crippen LogP contribution in [0.2, 0.25) is 0 Å². The maximum atomic E-state index is 12.2. The van der Waals surface area contributed by atoms with Crippen molar-refractivity contribution < 1.29 is 8.42 Å². The highest BCUT2D eigenvalue weighted by atomic mass is 32.2. The second-order valence-corrected chi connectivity index (χ2v) is 6.25. The van der Waals surface area contributed by atoms with Gasteiger partial charge in [-0.2, -0.15) is 12.7 Å². The van der Waals surface area contributed by atoms with Crippen LogP contribution in [0.3, 0.4) is 0 Å². The summed E-state index contributed by atoms with van der Waals surface area (Å²) >= 11 is 0. The van der Waals surface area contributed by atoms with E-state index in [2.05, 4.69) is 10.0 Å². The molecule has 0 radical (unpaired) electrons. The molecule has 1 aromatic rings. The first-order valence-electron chi connectivity index (χ1n) is 6.48. The van der Waals surface area contributed by atoms with Gasteiger partial charge in [-0.05, 0) is 25.1 Å². The van der Waals surface area contributed by atoms with Gasteiger partial charge in [-0.1, -0.05) is 31.5 Å². The van der Waals surface area contributed by atoms with E-state index in [1.807, 2.05) is 32.2 Å². The zero-order valence-electron chi connectivity index (χ0n) is 11.8. The Labute approximate surface area is 116 Å². The van der Waals surface area contributed by atoms with E-state index < -0.39 is 10.2 Å². The predicted octanol–water partition coefficient (Wildman–Crippen LogP) is 1.79. The normalized spacial score (nSPS) is 11.8. The SMILES string of the molecule is CCCCN(C)S(=O)(=O)Nc1ccccc1CNC. The average molecular weight is 285 g/mol. The maximum absolute atomic E-state index is 12.2. The number of rotatable bonds is 8. The molecule has 0 saturated heterocycles. The van der Waals surface area contributed by atoms with Gasteiger partial charge in [0.2, 0.25) is 0 Å². The molecule has 0 spiro atoms. The molecular weight excluding hydrogens is 262 g/mol. The molecule has 0 fully saturated rings. The topological polar surface area (TPSA) is 61.4 Å². The van der Waals surface area contributed by atoms with Crippen LogP contribution in [0.25, 0.3) is 0 Å². The highest BCUT2D eigenvalue weighted by molar-refractivity contribution is 7.90. The third-order valence-electron chi connectivity index (χ3n) is 2.86. The van der Waals surface area contributed by atoms with E-state index in [0.717, 1.165) is 18.4 Å². The Morgan fingerprint density at radius 3 is 2.58 bits per heavy atom.